The Morgan fingerprint density at radius 1 is 1.26 bits per heavy atom. The minimum atomic E-state index is -0.678. The zero-order chi connectivity index (χ0) is 19.2. The van der Waals surface area contributed by atoms with Crippen molar-refractivity contribution in [2.75, 3.05) is 26.8 Å². The van der Waals surface area contributed by atoms with Gasteiger partial charge in [0.1, 0.15) is 24.2 Å². The number of ether oxygens (including phenoxy) is 2. The summed E-state index contributed by atoms with van der Waals surface area (Å²) in [6, 6.07) is 14.3. The van der Waals surface area contributed by atoms with Crippen molar-refractivity contribution in [2.24, 2.45) is 0 Å². The van der Waals surface area contributed by atoms with E-state index in [0.29, 0.717) is 12.3 Å². The van der Waals surface area contributed by atoms with Crippen LogP contribution in [0.4, 0.5) is 5.69 Å². The summed E-state index contributed by atoms with van der Waals surface area (Å²) in [6.07, 6.45) is 1.45. The van der Waals surface area contributed by atoms with E-state index in [9.17, 15) is 15.2 Å². The van der Waals surface area contributed by atoms with E-state index in [1.165, 1.54) is 17.7 Å². The van der Waals surface area contributed by atoms with Crippen molar-refractivity contribution in [2.45, 2.75) is 25.0 Å². The fourth-order valence-electron chi connectivity index (χ4n) is 3.45. The number of likely N-dealkylation sites (tertiary alicyclic amines) is 1. The van der Waals surface area contributed by atoms with Crippen molar-refractivity contribution in [1.29, 1.82) is 0 Å². The molecule has 2 atom stereocenters. The van der Waals surface area contributed by atoms with E-state index in [0.717, 1.165) is 25.1 Å². The van der Waals surface area contributed by atoms with Crippen molar-refractivity contribution in [1.82, 2.24) is 4.90 Å². The van der Waals surface area contributed by atoms with E-state index in [1.807, 2.05) is 12.1 Å². The number of aliphatic hydroxyl groups is 1. The minimum Gasteiger partial charge on any atom is -0.497 e. The number of benzene rings is 2. The van der Waals surface area contributed by atoms with Crippen LogP contribution in [0, 0.1) is 10.1 Å². The summed E-state index contributed by atoms with van der Waals surface area (Å²) in [7, 11) is 1.65. The Kier molecular flexibility index (Phi) is 6.26. The van der Waals surface area contributed by atoms with Gasteiger partial charge in [0.25, 0.3) is 5.69 Å². The second kappa shape index (κ2) is 8.83. The number of non-ortho nitro benzene ring substituents is 1. The molecule has 27 heavy (non-hydrogen) atoms. The number of nitro benzene ring substituents is 1. The summed E-state index contributed by atoms with van der Waals surface area (Å²) in [5.41, 5.74) is 1.18. The Balaban J connectivity index is 1.55. The van der Waals surface area contributed by atoms with Gasteiger partial charge >= 0.3 is 0 Å². The van der Waals surface area contributed by atoms with Crippen LogP contribution in [0.2, 0.25) is 0 Å². The van der Waals surface area contributed by atoms with Gasteiger partial charge in [0.15, 0.2) is 0 Å². The molecule has 2 aromatic rings. The van der Waals surface area contributed by atoms with Crippen molar-refractivity contribution in [3.8, 4) is 11.5 Å². The number of rotatable bonds is 8. The number of aliphatic hydroxyl groups excluding tert-OH is 1. The number of nitro groups is 1. The number of hydrogen-bond acceptors (Lipinski definition) is 6. The van der Waals surface area contributed by atoms with Crippen LogP contribution in [0.15, 0.2) is 48.5 Å². The third-order valence-corrected chi connectivity index (χ3v) is 4.78. The second-order valence-corrected chi connectivity index (χ2v) is 6.65. The first-order valence-electron chi connectivity index (χ1n) is 9.00. The van der Waals surface area contributed by atoms with Gasteiger partial charge in [0, 0.05) is 18.7 Å². The molecule has 1 saturated heterocycles. The molecule has 3 rings (SSSR count). The van der Waals surface area contributed by atoms with Gasteiger partial charge in [-0.05, 0) is 43.1 Å². The average molecular weight is 372 g/mol. The molecule has 0 radical (unpaired) electrons. The molecule has 0 aromatic heterocycles. The highest BCUT2D eigenvalue weighted by molar-refractivity contribution is 5.38. The molecule has 1 aliphatic rings. The fraction of sp³-hybridized carbons (Fsp3) is 0.400. The van der Waals surface area contributed by atoms with E-state index in [4.69, 9.17) is 9.47 Å². The number of nitrogens with zero attached hydrogens (tertiary/aromatic N) is 2. The molecule has 1 fully saturated rings. The molecule has 1 aliphatic heterocycles. The smallest absolute Gasteiger partial charge is 0.273 e. The van der Waals surface area contributed by atoms with Gasteiger partial charge in [-0.15, -0.1) is 0 Å². The van der Waals surface area contributed by atoms with Crippen LogP contribution >= 0.6 is 0 Å². The highest BCUT2D eigenvalue weighted by Crippen LogP contribution is 2.32. The van der Waals surface area contributed by atoms with Gasteiger partial charge in [-0.2, -0.15) is 0 Å². The Morgan fingerprint density at radius 2 is 2.04 bits per heavy atom. The predicted octanol–water partition coefficient (Wildman–Crippen LogP) is 3.18. The van der Waals surface area contributed by atoms with Crippen LogP contribution in [-0.4, -0.2) is 47.8 Å². The molecule has 2 aromatic carbocycles. The summed E-state index contributed by atoms with van der Waals surface area (Å²) in [5, 5.41) is 21.2. The molecule has 1 heterocycles. The summed E-state index contributed by atoms with van der Waals surface area (Å²) in [4.78, 5) is 12.6. The van der Waals surface area contributed by atoms with Gasteiger partial charge in [-0.1, -0.05) is 18.2 Å². The van der Waals surface area contributed by atoms with Crippen LogP contribution in [0.3, 0.4) is 0 Å². The molecule has 1 N–H and O–H groups in total. The van der Waals surface area contributed by atoms with Gasteiger partial charge in [-0.3, -0.25) is 15.0 Å². The molecule has 0 spiro atoms. The quantitative estimate of drug-likeness (QED) is 0.566. The van der Waals surface area contributed by atoms with Crippen molar-refractivity contribution >= 4 is 5.69 Å². The number of hydrogen-bond donors (Lipinski definition) is 1. The lowest BCUT2D eigenvalue weighted by Gasteiger charge is -2.27. The Bertz CT molecular complexity index is 765. The monoisotopic (exact) mass is 372 g/mol. The topological polar surface area (TPSA) is 85.1 Å². The summed E-state index contributed by atoms with van der Waals surface area (Å²) < 4.78 is 10.8. The Hall–Kier alpha value is -2.64. The third kappa shape index (κ3) is 4.96. The SMILES string of the molecule is COc1ccc(C2CCCN2CC(O)COc2cccc([N+](=O)[O-])c2)cc1. The van der Waals surface area contributed by atoms with Crippen LogP contribution in [0.25, 0.3) is 0 Å². The first-order valence-corrected chi connectivity index (χ1v) is 9.00. The molecule has 0 saturated carbocycles. The van der Waals surface area contributed by atoms with E-state index in [2.05, 4.69) is 17.0 Å². The highest BCUT2D eigenvalue weighted by Gasteiger charge is 2.27. The molecular weight excluding hydrogens is 348 g/mol. The molecule has 7 heteroatoms. The van der Waals surface area contributed by atoms with E-state index < -0.39 is 11.0 Å². The molecular formula is C20H24N2O5. The molecule has 0 aliphatic carbocycles. The Labute approximate surface area is 158 Å². The predicted molar refractivity (Wildman–Crippen MR) is 101 cm³/mol. The standard InChI is InChI=1S/C20H24N2O5/c1-26-18-9-7-15(8-10-18)20-6-3-11-21(20)13-17(23)14-27-19-5-2-4-16(12-19)22(24)25/h2,4-5,7-10,12,17,20,23H,3,6,11,13-14H2,1H3. The van der Waals surface area contributed by atoms with Crippen molar-refractivity contribution < 1.29 is 19.5 Å². The molecule has 2 unspecified atom stereocenters. The maximum Gasteiger partial charge on any atom is 0.273 e. The summed E-state index contributed by atoms with van der Waals surface area (Å²) >= 11 is 0. The van der Waals surface area contributed by atoms with Gasteiger partial charge in [0.2, 0.25) is 0 Å². The average Bonchev–Trinajstić information content (AvgIpc) is 3.14. The van der Waals surface area contributed by atoms with Crippen LogP contribution in [-0.2, 0) is 0 Å². The van der Waals surface area contributed by atoms with Crippen molar-refractivity contribution in [3.63, 3.8) is 0 Å². The summed E-state index contributed by atoms with van der Waals surface area (Å²) in [5.74, 6) is 1.21. The van der Waals surface area contributed by atoms with E-state index >= 15 is 0 Å². The normalized spacial score (nSPS) is 18.2. The van der Waals surface area contributed by atoms with Crippen LogP contribution in [0.1, 0.15) is 24.4 Å². The number of methoxy groups -OCH3 is 1. The zero-order valence-corrected chi connectivity index (χ0v) is 15.3. The van der Waals surface area contributed by atoms with E-state index in [1.54, 1.807) is 19.2 Å². The van der Waals surface area contributed by atoms with Gasteiger partial charge in [0.05, 0.1) is 18.1 Å². The summed E-state index contributed by atoms with van der Waals surface area (Å²) in [6.45, 7) is 1.50. The van der Waals surface area contributed by atoms with Gasteiger partial charge < -0.3 is 14.6 Å². The highest BCUT2D eigenvalue weighted by atomic mass is 16.6. The van der Waals surface area contributed by atoms with Crippen LogP contribution < -0.4 is 9.47 Å². The zero-order valence-electron chi connectivity index (χ0n) is 15.3. The Morgan fingerprint density at radius 3 is 2.74 bits per heavy atom. The maximum atomic E-state index is 10.8. The number of β-amino-alcohol motifs (C(OH)–C–C–N with tert-alkyl or cyclic N) is 1. The lowest BCUT2D eigenvalue weighted by atomic mass is 10.0. The van der Waals surface area contributed by atoms with Gasteiger partial charge in [-0.25, -0.2) is 0 Å². The molecule has 0 amide bonds. The first kappa shape index (κ1) is 19.1. The lowest BCUT2D eigenvalue weighted by Crippen LogP contribution is -2.35. The van der Waals surface area contributed by atoms with E-state index in [-0.39, 0.29) is 18.3 Å². The first-order chi connectivity index (χ1) is 13.1. The molecule has 0 bridgehead atoms. The lowest BCUT2D eigenvalue weighted by molar-refractivity contribution is -0.384. The van der Waals surface area contributed by atoms with Crippen molar-refractivity contribution in [3.05, 3.63) is 64.2 Å². The second-order valence-electron chi connectivity index (χ2n) is 6.65. The minimum absolute atomic E-state index is 0.0268. The fourth-order valence-corrected chi connectivity index (χ4v) is 3.45. The maximum absolute atomic E-state index is 10.8. The molecule has 144 valence electrons. The molecule has 7 nitrogen and oxygen atoms in total. The largest absolute Gasteiger partial charge is 0.497 e. The van der Waals surface area contributed by atoms with Crippen LogP contribution in [0.5, 0.6) is 11.5 Å². The third-order valence-electron chi connectivity index (χ3n) is 4.78.